The van der Waals surface area contributed by atoms with Crippen LogP contribution in [0.25, 0.3) is 0 Å². The third kappa shape index (κ3) is 5.13. The van der Waals surface area contributed by atoms with Gasteiger partial charge in [0, 0.05) is 18.5 Å². The summed E-state index contributed by atoms with van der Waals surface area (Å²) in [5.74, 6) is 0.177. The molecule has 1 aromatic carbocycles. The van der Waals surface area contributed by atoms with Crippen LogP contribution in [0.2, 0.25) is 0 Å². The molecule has 9 nitrogen and oxygen atoms in total. The SMILES string of the molecule is CC(C)(C)NS(=O)(=O)c1ccccc1NC(=O)Cn1nc2n(c1=O)CCCCC2. The van der Waals surface area contributed by atoms with Crippen molar-refractivity contribution in [1.29, 1.82) is 0 Å². The Bertz CT molecular complexity index is 1060. The van der Waals surface area contributed by atoms with E-state index in [-0.39, 0.29) is 22.8 Å². The largest absolute Gasteiger partial charge is 0.346 e. The molecule has 0 aliphatic carbocycles. The van der Waals surface area contributed by atoms with E-state index in [0.717, 1.165) is 23.9 Å². The monoisotopic (exact) mass is 421 g/mol. The highest BCUT2D eigenvalue weighted by Gasteiger charge is 2.25. The topological polar surface area (TPSA) is 115 Å². The van der Waals surface area contributed by atoms with E-state index in [1.54, 1.807) is 37.5 Å². The molecule has 1 aliphatic rings. The first-order valence-corrected chi connectivity index (χ1v) is 11.1. The van der Waals surface area contributed by atoms with Crippen molar-refractivity contribution in [2.45, 2.75) is 70.0 Å². The molecule has 0 bridgehead atoms. The van der Waals surface area contributed by atoms with Gasteiger partial charge >= 0.3 is 5.69 Å². The Morgan fingerprint density at radius 3 is 2.62 bits per heavy atom. The van der Waals surface area contributed by atoms with Crippen LogP contribution < -0.4 is 15.7 Å². The number of para-hydroxylation sites is 1. The maximum Gasteiger partial charge on any atom is 0.346 e. The summed E-state index contributed by atoms with van der Waals surface area (Å²) >= 11 is 0. The van der Waals surface area contributed by atoms with Gasteiger partial charge in [-0.05, 0) is 45.7 Å². The van der Waals surface area contributed by atoms with Crippen LogP contribution in [0.3, 0.4) is 0 Å². The number of hydrogen-bond acceptors (Lipinski definition) is 5. The second kappa shape index (κ2) is 8.11. The van der Waals surface area contributed by atoms with E-state index < -0.39 is 21.5 Å². The molecular weight excluding hydrogens is 394 g/mol. The van der Waals surface area contributed by atoms with Gasteiger partial charge in [0.2, 0.25) is 15.9 Å². The van der Waals surface area contributed by atoms with Crippen molar-refractivity contribution in [1.82, 2.24) is 19.1 Å². The Labute approximate surface area is 170 Å². The average Bonchev–Trinajstić information content (AvgIpc) is 2.77. The number of fused-ring (bicyclic) bond motifs is 1. The molecule has 3 rings (SSSR count). The first-order chi connectivity index (χ1) is 13.6. The van der Waals surface area contributed by atoms with Crippen molar-refractivity contribution >= 4 is 21.6 Å². The lowest BCUT2D eigenvalue weighted by Crippen LogP contribution is -2.40. The third-order valence-corrected chi connectivity index (χ3v) is 6.28. The van der Waals surface area contributed by atoms with Gasteiger partial charge in [-0.3, -0.25) is 9.36 Å². The van der Waals surface area contributed by atoms with Crippen molar-refractivity contribution in [2.75, 3.05) is 5.32 Å². The van der Waals surface area contributed by atoms with Crippen LogP contribution in [0, 0.1) is 0 Å². The highest BCUT2D eigenvalue weighted by Crippen LogP contribution is 2.22. The molecule has 2 N–H and O–H groups in total. The van der Waals surface area contributed by atoms with Gasteiger partial charge in [-0.25, -0.2) is 22.6 Å². The van der Waals surface area contributed by atoms with E-state index in [2.05, 4.69) is 15.1 Å². The predicted molar refractivity (Wildman–Crippen MR) is 109 cm³/mol. The predicted octanol–water partition coefficient (Wildman–Crippen LogP) is 1.49. The molecule has 2 heterocycles. The quantitative estimate of drug-likeness (QED) is 0.759. The van der Waals surface area contributed by atoms with Gasteiger partial charge in [0.05, 0.1) is 5.69 Å². The molecule has 29 heavy (non-hydrogen) atoms. The van der Waals surface area contributed by atoms with Crippen LogP contribution in [0.4, 0.5) is 5.69 Å². The van der Waals surface area contributed by atoms with Gasteiger partial charge in [0.15, 0.2) is 0 Å². The minimum atomic E-state index is -3.83. The maximum absolute atomic E-state index is 12.7. The fraction of sp³-hybridized carbons (Fsp3) is 0.526. The smallest absolute Gasteiger partial charge is 0.323 e. The van der Waals surface area contributed by atoms with Crippen LogP contribution in [0.5, 0.6) is 0 Å². The third-order valence-electron chi connectivity index (χ3n) is 4.47. The van der Waals surface area contributed by atoms with Gasteiger partial charge < -0.3 is 5.32 Å². The van der Waals surface area contributed by atoms with Crippen molar-refractivity contribution in [2.24, 2.45) is 0 Å². The summed E-state index contributed by atoms with van der Waals surface area (Å²) in [6, 6.07) is 6.16. The summed E-state index contributed by atoms with van der Waals surface area (Å²) < 4.78 is 30.7. The number of aryl methyl sites for hydroxylation is 1. The molecule has 10 heteroatoms. The zero-order valence-corrected chi connectivity index (χ0v) is 17.8. The number of sulfonamides is 1. The summed E-state index contributed by atoms with van der Waals surface area (Å²) in [7, 11) is -3.83. The summed E-state index contributed by atoms with van der Waals surface area (Å²) in [5.41, 5.74) is -0.826. The Hall–Kier alpha value is -2.46. The zero-order valence-electron chi connectivity index (χ0n) is 16.9. The van der Waals surface area contributed by atoms with Gasteiger partial charge in [-0.2, -0.15) is 5.10 Å². The van der Waals surface area contributed by atoms with Crippen LogP contribution in [0.15, 0.2) is 34.0 Å². The van der Waals surface area contributed by atoms with E-state index in [1.807, 2.05) is 0 Å². The Balaban J connectivity index is 1.80. The molecule has 0 saturated carbocycles. The lowest BCUT2D eigenvalue weighted by molar-refractivity contribution is -0.117. The van der Waals surface area contributed by atoms with E-state index >= 15 is 0 Å². The zero-order chi connectivity index (χ0) is 21.2. The van der Waals surface area contributed by atoms with Gasteiger partial charge in [-0.1, -0.05) is 18.6 Å². The number of anilines is 1. The van der Waals surface area contributed by atoms with Crippen molar-refractivity contribution < 1.29 is 13.2 Å². The molecule has 0 unspecified atom stereocenters. The van der Waals surface area contributed by atoms with Crippen molar-refractivity contribution in [3.63, 3.8) is 0 Å². The fourth-order valence-electron chi connectivity index (χ4n) is 3.32. The molecular formula is C19H27N5O4S. The fourth-order valence-corrected chi connectivity index (χ4v) is 4.90. The van der Waals surface area contributed by atoms with Gasteiger partial charge in [0.1, 0.15) is 17.3 Å². The molecule has 1 aliphatic heterocycles. The lowest BCUT2D eigenvalue weighted by atomic mass is 10.1. The molecule has 158 valence electrons. The average molecular weight is 422 g/mol. The Kier molecular flexibility index (Phi) is 5.95. The van der Waals surface area contributed by atoms with Crippen LogP contribution in [-0.2, 0) is 34.3 Å². The summed E-state index contributed by atoms with van der Waals surface area (Å²) in [6.45, 7) is 5.54. The van der Waals surface area contributed by atoms with E-state index in [4.69, 9.17) is 0 Å². The number of hydrogen-bond donors (Lipinski definition) is 2. The Morgan fingerprint density at radius 1 is 1.17 bits per heavy atom. The summed E-state index contributed by atoms with van der Waals surface area (Å²) in [6.07, 6.45) is 3.64. The molecule has 1 aromatic heterocycles. The summed E-state index contributed by atoms with van der Waals surface area (Å²) in [5, 5.41) is 6.89. The number of aromatic nitrogens is 3. The number of rotatable bonds is 5. The second-order valence-corrected chi connectivity index (χ2v) is 9.87. The minimum Gasteiger partial charge on any atom is -0.323 e. The molecule has 0 saturated heterocycles. The van der Waals surface area contributed by atoms with Crippen LogP contribution in [-0.4, -0.2) is 34.2 Å². The number of amides is 1. The van der Waals surface area contributed by atoms with Crippen molar-refractivity contribution in [3.05, 3.63) is 40.6 Å². The van der Waals surface area contributed by atoms with E-state index in [9.17, 15) is 18.0 Å². The molecule has 1 amide bonds. The Morgan fingerprint density at radius 2 is 1.90 bits per heavy atom. The summed E-state index contributed by atoms with van der Waals surface area (Å²) in [4.78, 5) is 25.0. The van der Waals surface area contributed by atoms with Crippen LogP contribution in [0.1, 0.15) is 45.9 Å². The van der Waals surface area contributed by atoms with Gasteiger partial charge in [-0.15, -0.1) is 0 Å². The maximum atomic E-state index is 12.7. The molecule has 0 fully saturated rings. The standard InChI is InChI=1S/C19H27N5O4S/c1-19(2,3)22-29(27,28)15-10-7-6-9-14(15)20-17(25)13-24-18(26)23-12-8-4-5-11-16(23)21-24/h6-7,9-10,22H,4-5,8,11-13H2,1-3H3,(H,20,25). The minimum absolute atomic E-state index is 0.0313. The molecule has 0 spiro atoms. The van der Waals surface area contributed by atoms with E-state index in [1.165, 1.54) is 12.1 Å². The highest BCUT2D eigenvalue weighted by atomic mass is 32.2. The first-order valence-electron chi connectivity index (χ1n) is 9.66. The van der Waals surface area contributed by atoms with E-state index in [0.29, 0.717) is 18.8 Å². The number of nitrogens with zero attached hydrogens (tertiary/aromatic N) is 3. The van der Waals surface area contributed by atoms with Crippen LogP contribution >= 0.6 is 0 Å². The van der Waals surface area contributed by atoms with Crippen molar-refractivity contribution in [3.8, 4) is 0 Å². The number of nitrogens with one attached hydrogen (secondary N) is 2. The number of carbonyl (C=O) groups excluding carboxylic acids is 1. The second-order valence-electron chi connectivity index (χ2n) is 8.22. The molecule has 0 atom stereocenters. The normalized spacial score (nSPS) is 14.9. The molecule has 0 radical (unpaired) electrons. The lowest BCUT2D eigenvalue weighted by Gasteiger charge is -2.21. The van der Waals surface area contributed by atoms with Gasteiger partial charge in [0.25, 0.3) is 0 Å². The first kappa shape index (κ1) is 21.3. The number of carbonyl (C=O) groups is 1. The number of benzene rings is 1. The molecule has 2 aromatic rings. The highest BCUT2D eigenvalue weighted by molar-refractivity contribution is 7.89.